The molecule has 0 saturated heterocycles. The van der Waals surface area contributed by atoms with Crippen molar-refractivity contribution in [3.05, 3.63) is 40.6 Å². The van der Waals surface area contributed by atoms with Gasteiger partial charge in [0, 0.05) is 9.79 Å². The fraction of sp³-hybridized carbons (Fsp3) is 0.0833. The van der Waals surface area contributed by atoms with Crippen LogP contribution in [0.15, 0.2) is 50.5 Å². The van der Waals surface area contributed by atoms with E-state index in [1.54, 1.807) is 23.1 Å². The van der Waals surface area contributed by atoms with Crippen LogP contribution in [-0.4, -0.2) is 11.3 Å². The Morgan fingerprint density at radius 2 is 1.94 bits per heavy atom. The molecule has 1 nitrogen and oxygen atoms in total. The molecule has 0 N–H and O–H groups in total. The van der Waals surface area contributed by atoms with Gasteiger partial charge in [-0.15, -0.1) is 47.1 Å². The average Bonchev–Trinajstić information content (AvgIpc) is 2.70. The summed E-state index contributed by atoms with van der Waals surface area (Å²) < 4.78 is 0. The Morgan fingerprint density at radius 1 is 1.12 bits per heavy atom. The Morgan fingerprint density at radius 3 is 2.76 bits per heavy atom. The van der Waals surface area contributed by atoms with Crippen LogP contribution < -0.4 is 0 Å². The van der Waals surface area contributed by atoms with Crippen LogP contribution in [0.5, 0.6) is 0 Å². The summed E-state index contributed by atoms with van der Waals surface area (Å²) >= 11 is 5.30. The standard InChI is InChI=1S/C12H9NS3.HI/c1-14-12-11-10(6-7-15-11)16-9-5-3-2-4-8(9)13-12;/h2-7H,1H3;1H. The largest absolute Gasteiger partial charge is 0.239 e. The van der Waals surface area contributed by atoms with Crippen molar-refractivity contribution in [1.29, 1.82) is 0 Å². The molecule has 0 bridgehead atoms. The average molecular weight is 391 g/mol. The van der Waals surface area contributed by atoms with E-state index in [0.717, 1.165) is 10.7 Å². The summed E-state index contributed by atoms with van der Waals surface area (Å²) in [5.41, 5.74) is 1.08. The fourth-order valence-corrected chi connectivity index (χ4v) is 4.48. The highest BCUT2D eigenvalue weighted by molar-refractivity contribution is 14.0. The first-order valence-electron chi connectivity index (χ1n) is 4.86. The summed E-state index contributed by atoms with van der Waals surface area (Å²) in [6.45, 7) is 0. The molecule has 0 unspecified atom stereocenters. The molecule has 1 aromatic heterocycles. The first-order valence-corrected chi connectivity index (χ1v) is 7.78. The Kier molecular flexibility index (Phi) is 4.57. The number of hydrogen-bond acceptors (Lipinski definition) is 4. The van der Waals surface area contributed by atoms with Crippen LogP contribution in [0.1, 0.15) is 4.88 Å². The van der Waals surface area contributed by atoms with Gasteiger partial charge in [-0.25, -0.2) is 4.99 Å². The van der Waals surface area contributed by atoms with E-state index in [2.05, 4.69) is 35.9 Å². The molecule has 0 fully saturated rings. The van der Waals surface area contributed by atoms with Gasteiger partial charge < -0.3 is 0 Å². The molecule has 0 atom stereocenters. The second kappa shape index (κ2) is 5.77. The zero-order valence-electron chi connectivity index (χ0n) is 9.04. The summed E-state index contributed by atoms with van der Waals surface area (Å²) in [4.78, 5) is 8.60. The van der Waals surface area contributed by atoms with E-state index in [9.17, 15) is 0 Å². The number of thioether (sulfide) groups is 1. The van der Waals surface area contributed by atoms with Crippen molar-refractivity contribution in [3.8, 4) is 0 Å². The lowest BCUT2D eigenvalue weighted by Gasteiger charge is -2.00. The molecule has 5 heteroatoms. The molecule has 1 aliphatic heterocycles. The maximum Gasteiger partial charge on any atom is 0.115 e. The molecule has 0 aliphatic carbocycles. The molecular weight excluding hydrogens is 381 g/mol. The monoisotopic (exact) mass is 391 g/mol. The SMILES string of the molecule is CSC1=Nc2ccccc2Sc2ccsc21.I. The predicted molar refractivity (Wildman–Crippen MR) is 90.0 cm³/mol. The van der Waals surface area contributed by atoms with Gasteiger partial charge in [0.05, 0.1) is 10.6 Å². The van der Waals surface area contributed by atoms with Gasteiger partial charge >= 0.3 is 0 Å². The maximum absolute atomic E-state index is 4.74. The Labute approximate surface area is 130 Å². The van der Waals surface area contributed by atoms with Crippen LogP contribution in [0.4, 0.5) is 5.69 Å². The Hall–Kier alpha value is 0.0200. The van der Waals surface area contributed by atoms with Crippen molar-refractivity contribution in [2.45, 2.75) is 9.79 Å². The molecule has 0 amide bonds. The number of nitrogens with zero attached hydrogens (tertiary/aromatic N) is 1. The van der Waals surface area contributed by atoms with Crippen molar-refractivity contribution in [3.63, 3.8) is 0 Å². The zero-order chi connectivity index (χ0) is 11.0. The molecule has 1 aliphatic rings. The summed E-state index contributed by atoms with van der Waals surface area (Å²) in [7, 11) is 0. The van der Waals surface area contributed by atoms with Gasteiger partial charge in [0.1, 0.15) is 5.04 Å². The predicted octanol–water partition coefficient (Wildman–Crippen LogP) is 5.27. The second-order valence-electron chi connectivity index (χ2n) is 3.30. The van der Waals surface area contributed by atoms with Crippen LogP contribution in [0.25, 0.3) is 0 Å². The highest BCUT2D eigenvalue weighted by Crippen LogP contribution is 2.43. The van der Waals surface area contributed by atoms with Crippen LogP contribution in [0, 0.1) is 0 Å². The third-order valence-corrected chi connectivity index (χ3v) is 5.31. The lowest BCUT2D eigenvalue weighted by molar-refractivity contribution is 1.39. The minimum atomic E-state index is 0. The van der Waals surface area contributed by atoms with E-state index >= 15 is 0 Å². The minimum absolute atomic E-state index is 0. The van der Waals surface area contributed by atoms with Gasteiger partial charge in [-0.05, 0) is 29.8 Å². The number of hydrogen-bond donors (Lipinski definition) is 0. The third-order valence-electron chi connectivity index (χ3n) is 2.32. The minimum Gasteiger partial charge on any atom is -0.239 e. The van der Waals surface area contributed by atoms with Crippen molar-refractivity contribution in [2.75, 3.05) is 6.26 Å². The first-order chi connectivity index (χ1) is 7.88. The molecule has 0 spiro atoms. The van der Waals surface area contributed by atoms with E-state index < -0.39 is 0 Å². The van der Waals surface area contributed by atoms with Gasteiger partial charge in [-0.3, -0.25) is 0 Å². The number of thiophene rings is 1. The zero-order valence-corrected chi connectivity index (χ0v) is 13.8. The number of aliphatic imine (C=N–C) groups is 1. The number of benzene rings is 1. The Bertz CT molecular complexity index is 562. The quantitative estimate of drug-likeness (QED) is 0.567. The van der Waals surface area contributed by atoms with Crippen molar-refractivity contribution < 1.29 is 0 Å². The van der Waals surface area contributed by atoms with Crippen molar-refractivity contribution >= 4 is 69.6 Å². The molecule has 17 heavy (non-hydrogen) atoms. The summed E-state index contributed by atoms with van der Waals surface area (Å²) in [5, 5.41) is 3.26. The molecule has 2 aromatic rings. The van der Waals surface area contributed by atoms with Crippen LogP contribution in [0.3, 0.4) is 0 Å². The number of fused-ring (bicyclic) bond motifs is 2. The van der Waals surface area contributed by atoms with Gasteiger partial charge in [0.15, 0.2) is 0 Å². The van der Waals surface area contributed by atoms with Crippen molar-refractivity contribution in [1.82, 2.24) is 0 Å². The molecule has 2 heterocycles. The summed E-state index contributed by atoms with van der Waals surface area (Å²) in [6.07, 6.45) is 2.08. The molecule has 3 rings (SSSR count). The van der Waals surface area contributed by atoms with Gasteiger partial charge in [-0.2, -0.15) is 0 Å². The van der Waals surface area contributed by atoms with E-state index in [4.69, 9.17) is 4.99 Å². The molecule has 0 radical (unpaired) electrons. The summed E-state index contributed by atoms with van der Waals surface area (Å²) in [6, 6.07) is 10.5. The Balaban J connectivity index is 0.00000108. The molecular formula is C12H10INS3. The van der Waals surface area contributed by atoms with Crippen molar-refractivity contribution in [2.24, 2.45) is 4.99 Å². The van der Waals surface area contributed by atoms with Gasteiger partial charge in [0.25, 0.3) is 0 Å². The smallest absolute Gasteiger partial charge is 0.115 e. The van der Waals surface area contributed by atoms with E-state index in [1.807, 2.05) is 17.8 Å². The topological polar surface area (TPSA) is 12.4 Å². The molecule has 1 aromatic carbocycles. The fourth-order valence-electron chi connectivity index (χ4n) is 1.59. The van der Waals surface area contributed by atoms with Crippen LogP contribution in [0.2, 0.25) is 0 Å². The molecule has 0 saturated carbocycles. The van der Waals surface area contributed by atoms with E-state index in [-0.39, 0.29) is 24.0 Å². The van der Waals surface area contributed by atoms with E-state index in [1.165, 1.54) is 14.7 Å². The number of halogens is 1. The van der Waals surface area contributed by atoms with E-state index in [0.29, 0.717) is 0 Å². The molecule has 88 valence electrons. The summed E-state index contributed by atoms with van der Waals surface area (Å²) in [5.74, 6) is 0. The maximum atomic E-state index is 4.74. The number of rotatable bonds is 0. The van der Waals surface area contributed by atoms with Crippen LogP contribution in [-0.2, 0) is 0 Å². The highest BCUT2D eigenvalue weighted by Gasteiger charge is 2.17. The first kappa shape index (κ1) is 13.5. The lowest BCUT2D eigenvalue weighted by Crippen LogP contribution is -1.89. The van der Waals surface area contributed by atoms with Crippen LogP contribution >= 0.6 is 58.8 Å². The second-order valence-corrected chi connectivity index (χ2v) is 6.10. The van der Waals surface area contributed by atoms with Gasteiger partial charge in [-0.1, -0.05) is 23.9 Å². The number of para-hydroxylation sites is 1. The third kappa shape index (κ3) is 2.57. The normalized spacial score (nSPS) is 12.9. The van der Waals surface area contributed by atoms with Gasteiger partial charge in [0.2, 0.25) is 0 Å². The highest BCUT2D eigenvalue weighted by atomic mass is 127. The lowest BCUT2D eigenvalue weighted by atomic mass is 10.3.